The van der Waals surface area contributed by atoms with Crippen molar-refractivity contribution >= 4 is 11.6 Å². The van der Waals surface area contributed by atoms with Gasteiger partial charge in [-0.2, -0.15) is 0 Å². The molecule has 0 N–H and O–H groups in total. The molecule has 1 unspecified atom stereocenters. The van der Waals surface area contributed by atoms with Crippen LogP contribution in [0.25, 0.3) is 0 Å². The number of hydrogen-bond donors (Lipinski definition) is 0. The summed E-state index contributed by atoms with van der Waals surface area (Å²) in [5.41, 5.74) is 4.95. The van der Waals surface area contributed by atoms with Crippen LogP contribution in [0.3, 0.4) is 0 Å². The van der Waals surface area contributed by atoms with Crippen LogP contribution in [0.15, 0.2) is 48.5 Å². The molecule has 0 bridgehead atoms. The zero-order chi connectivity index (χ0) is 19.4. The lowest BCUT2D eigenvalue weighted by Gasteiger charge is -2.27. The Morgan fingerprint density at radius 2 is 1.85 bits per heavy atom. The molecule has 0 aliphatic carbocycles. The van der Waals surface area contributed by atoms with Crippen LogP contribution in [-0.2, 0) is 11.3 Å². The second-order valence-corrected chi connectivity index (χ2v) is 7.85. The van der Waals surface area contributed by atoms with Crippen molar-refractivity contribution in [1.29, 1.82) is 0 Å². The zero-order valence-corrected chi connectivity index (χ0v) is 17.0. The van der Waals surface area contributed by atoms with Gasteiger partial charge in [-0.05, 0) is 49.6 Å². The van der Waals surface area contributed by atoms with Gasteiger partial charge in [-0.1, -0.05) is 42.0 Å². The molecule has 4 heteroatoms. The lowest BCUT2D eigenvalue weighted by Crippen LogP contribution is -2.37. The highest BCUT2D eigenvalue weighted by molar-refractivity contribution is 5.78. The van der Waals surface area contributed by atoms with Crippen LogP contribution < -0.4 is 4.90 Å². The highest BCUT2D eigenvalue weighted by Crippen LogP contribution is 2.32. The number of nitrogens with zero attached hydrogens (tertiary/aromatic N) is 3. The van der Waals surface area contributed by atoms with E-state index in [2.05, 4.69) is 65.3 Å². The summed E-state index contributed by atoms with van der Waals surface area (Å²) in [4.78, 5) is 19.1. The molecule has 1 heterocycles. The van der Waals surface area contributed by atoms with Crippen LogP contribution in [0.2, 0.25) is 0 Å². The van der Waals surface area contributed by atoms with E-state index in [1.54, 1.807) is 0 Å². The number of aryl methyl sites for hydroxylation is 1. The summed E-state index contributed by atoms with van der Waals surface area (Å²) in [6.45, 7) is 4.26. The Kier molecular flexibility index (Phi) is 6.17. The van der Waals surface area contributed by atoms with E-state index in [-0.39, 0.29) is 5.91 Å². The summed E-state index contributed by atoms with van der Waals surface area (Å²) in [7, 11) is 5.97. The number of likely N-dealkylation sites (N-methyl/N-ethyl adjacent to an activating group) is 1. The fourth-order valence-corrected chi connectivity index (χ4v) is 3.83. The van der Waals surface area contributed by atoms with Gasteiger partial charge in [-0.3, -0.25) is 9.69 Å². The SMILES string of the molecule is Cc1cccc(C2CCCN2CC(=O)N(C)Cc2ccc(N(C)C)cc2)c1. The lowest BCUT2D eigenvalue weighted by molar-refractivity contribution is -0.131. The number of rotatable bonds is 6. The first-order valence-electron chi connectivity index (χ1n) is 9.75. The van der Waals surface area contributed by atoms with Crippen molar-refractivity contribution in [2.24, 2.45) is 0 Å². The molecule has 1 saturated heterocycles. The summed E-state index contributed by atoms with van der Waals surface area (Å²) in [6, 6.07) is 17.5. The van der Waals surface area contributed by atoms with E-state index in [0.717, 1.165) is 24.9 Å². The van der Waals surface area contributed by atoms with E-state index in [1.165, 1.54) is 16.8 Å². The Labute approximate surface area is 163 Å². The van der Waals surface area contributed by atoms with Gasteiger partial charge in [-0.25, -0.2) is 0 Å². The number of hydrogen-bond acceptors (Lipinski definition) is 3. The maximum absolute atomic E-state index is 12.8. The maximum Gasteiger partial charge on any atom is 0.236 e. The third-order valence-electron chi connectivity index (χ3n) is 5.43. The minimum absolute atomic E-state index is 0.186. The van der Waals surface area contributed by atoms with E-state index in [0.29, 0.717) is 19.1 Å². The highest BCUT2D eigenvalue weighted by Gasteiger charge is 2.28. The van der Waals surface area contributed by atoms with Crippen molar-refractivity contribution < 1.29 is 4.79 Å². The molecular formula is C23H31N3O. The van der Waals surface area contributed by atoms with Crippen molar-refractivity contribution in [3.05, 3.63) is 65.2 Å². The number of likely N-dealkylation sites (tertiary alicyclic amines) is 1. The number of carbonyl (C=O) groups is 1. The standard InChI is InChI=1S/C23H31N3O/c1-18-7-5-8-20(15-18)22-9-6-14-26(22)17-23(27)25(4)16-19-10-12-21(13-11-19)24(2)3/h5,7-8,10-13,15,22H,6,9,14,16-17H2,1-4H3. The molecule has 3 rings (SSSR count). The Bertz CT molecular complexity index is 769. The van der Waals surface area contributed by atoms with Crippen LogP contribution in [0.1, 0.15) is 35.6 Å². The lowest BCUT2D eigenvalue weighted by atomic mass is 10.0. The second-order valence-electron chi connectivity index (χ2n) is 7.85. The predicted molar refractivity (Wildman–Crippen MR) is 112 cm³/mol. The van der Waals surface area contributed by atoms with Gasteiger partial charge in [0.15, 0.2) is 0 Å². The van der Waals surface area contributed by atoms with Gasteiger partial charge in [0.05, 0.1) is 6.54 Å². The molecule has 144 valence electrons. The van der Waals surface area contributed by atoms with E-state index in [9.17, 15) is 4.79 Å². The summed E-state index contributed by atoms with van der Waals surface area (Å²) in [6.07, 6.45) is 2.29. The monoisotopic (exact) mass is 365 g/mol. The maximum atomic E-state index is 12.8. The van der Waals surface area contributed by atoms with E-state index < -0.39 is 0 Å². The third kappa shape index (κ3) is 4.89. The van der Waals surface area contributed by atoms with Gasteiger partial charge in [-0.15, -0.1) is 0 Å². The molecule has 1 amide bonds. The molecule has 1 fully saturated rings. The fourth-order valence-electron chi connectivity index (χ4n) is 3.83. The van der Waals surface area contributed by atoms with E-state index in [1.807, 2.05) is 26.0 Å². The molecule has 2 aromatic rings. The first-order chi connectivity index (χ1) is 12.9. The van der Waals surface area contributed by atoms with Crippen LogP contribution in [-0.4, -0.2) is 49.9 Å². The van der Waals surface area contributed by atoms with Crippen LogP contribution in [0.5, 0.6) is 0 Å². The average Bonchev–Trinajstić information content (AvgIpc) is 3.10. The molecule has 1 aliphatic heterocycles. The summed E-state index contributed by atoms with van der Waals surface area (Å²) in [5.74, 6) is 0.186. The number of carbonyl (C=O) groups excluding carboxylic acids is 1. The summed E-state index contributed by atoms with van der Waals surface area (Å²) in [5, 5.41) is 0. The molecule has 2 aromatic carbocycles. The van der Waals surface area contributed by atoms with Crippen molar-refractivity contribution in [2.75, 3.05) is 39.1 Å². The number of benzene rings is 2. The minimum Gasteiger partial charge on any atom is -0.378 e. The van der Waals surface area contributed by atoms with E-state index in [4.69, 9.17) is 0 Å². The van der Waals surface area contributed by atoms with Crippen molar-refractivity contribution in [3.8, 4) is 0 Å². The quantitative estimate of drug-likeness (QED) is 0.778. The van der Waals surface area contributed by atoms with Gasteiger partial charge < -0.3 is 9.80 Å². The zero-order valence-electron chi connectivity index (χ0n) is 17.0. The van der Waals surface area contributed by atoms with Crippen molar-refractivity contribution in [1.82, 2.24) is 9.80 Å². The molecule has 27 heavy (non-hydrogen) atoms. The van der Waals surface area contributed by atoms with Gasteiger partial charge in [0, 0.05) is 39.4 Å². The Hall–Kier alpha value is -2.33. The average molecular weight is 366 g/mol. The highest BCUT2D eigenvalue weighted by atomic mass is 16.2. The Morgan fingerprint density at radius 1 is 1.11 bits per heavy atom. The number of anilines is 1. The first kappa shape index (κ1) is 19.4. The predicted octanol–water partition coefficient (Wildman–Crippen LogP) is 3.86. The summed E-state index contributed by atoms with van der Waals surface area (Å²) >= 11 is 0. The normalized spacial score (nSPS) is 17.1. The van der Waals surface area contributed by atoms with Crippen LogP contribution in [0.4, 0.5) is 5.69 Å². The molecule has 0 radical (unpaired) electrons. The molecule has 0 saturated carbocycles. The molecule has 0 spiro atoms. The third-order valence-corrected chi connectivity index (χ3v) is 5.43. The van der Waals surface area contributed by atoms with Crippen LogP contribution >= 0.6 is 0 Å². The molecular weight excluding hydrogens is 334 g/mol. The fraction of sp³-hybridized carbons (Fsp3) is 0.435. The smallest absolute Gasteiger partial charge is 0.236 e. The second kappa shape index (κ2) is 8.57. The topological polar surface area (TPSA) is 26.8 Å². The minimum atomic E-state index is 0.186. The summed E-state index contributed by atoms with van der Waals surface area (Å²) < 4.78 is 0. The molecule has 1 aliphatic rings. The van der Waals surface area contributed by atoms with Crippen LogP contribution in [0, 0.1) is 6.92 Å². The first-order valence-corrected chi connectivity index (χ1v) is 9.75. The molecule has 1 atom stereocenters. The van der Waals surface area contributed by atoms with E-state index >= 15 is 0 Å². The van der Waals surface area contributed by atoms with Gasteiger partial charge in [0.1, 0.15) is 0 Å². The number of amides is 1. The molecule has 4 nitrogen and oxygen atoms in total. The van der Waals surface area contributed by atoms with Crippen molar-refractivity contribution in [2.45, 2.75) is 32.4 Å². The van der Waals surface area contributed by atoms with Gasteiger partial charge in [0.2, 0.25) is 5.91 Å². The van der Waals surface area contributed by atoms with Gasteiger partial charge in [0.25, 0.3) is 0 Å². The molecule has 0 aromatic heterocycles. The largest absolute Gasteiger partial charge is 0.378 e. The van der Waals surface area contributed by atoms with Crippen molar-refractivity contribution in [3.63, 3.8) is 0 Å². The Morgan fingerprint density at radius 3 is 2.52 bits per heavy atom. The van der Waals surface area contributed by atoms with Gasteiger partial charge >= 0.3 is 0 Å². The Balaban J connectivity index is 1.60.